The number of aromatic nitrogens is 1. The molecule has 0 aliphatic carbocycles. The van der Waals surface area contributed by atoms with Gasteiger partial charge in [0.1, 0.15) is 5.82 Å². The maximum Gasteiger partial charge on any atom is 0.132 e. The average molecular weight is 357 g/mol. The number of pyridine rings is 1. The van der Waals surface area contributed by atoms with Gasteiger partial charge in [0.25, 0.3) is 0 Å². The van der Waals surface area contributed by atoms with E-state index in [4.69, 9.17) is 4.98 Å². The largest absolute Gasteiger partial charge is 0.354 e. The maximum atomic E-state index is 4.90. The number of aryl methyl sites for hydroxylation is 1. The summed E-state index contributed by atoms with van der Waals surface area (Å²) in [5.74, 6) is 1.16. The van der Waals surface area contributed by atoms with Gasteiger partial charge in [0, 0.05) is 36.0 Å². The molecule has 0 saturated carbocycles. The molecule has 20 heavy (non-hydrogen) atoms. The van der Waals surface area contributed by atoms with Gasteiger partial charge in [-0.2, -0.15) is 0 Å². The van der Waals surface area contributed by atoms with Crippen molar-refractivity contribution < 1.29 is 0 Å². The van der Waals surface area contributed by atoms with Crippen LogP contribution in [0.5, 0.6) is 0 Å². The van der Waals surface area contributed by atoms with Gasteiger partial charge in [-0.15, -0.1) is 12.4 Å². The molecule has 1 fully saturated rings. The molecule has 0 amide bonds. The Morgan fingerprint density at radius 3 is 2.70 bits per heavy atom. The zero-order valence-corrected chi connectivity index (χ0v) is 13.9. The van der Waals surface area contributed by atoms with E-state index in [0.717, 1.165) is 48.4 Å². The van der Waals surface area contributed by atoms with Crippen LogP contribution in [0.2, 0.25) is 0 Å². The molecule has 1 aromatic heterocycles. The molecule has 0 atom stereocenters. The predicted octanol–water partition coefficient (Wildman–Crippen LogP) is 3.39. The van der Waals surface area contributed by atoms with Crippen LogP contribution in [0.1, 0.15) is 12.5 Å². The quantitative estimate of drug-likeness (QED) is 0.894. The minimum Gasteiger partial charge on any atom is -0.354 e. The second kappa shape index (κ2) is 6.74. The predicted molar refractivity (Wildman–Crippen MR) is 91.2 cm³/mol. The van der Waals surface area contributed by atoms with E-state index < -0.39 is 0 Å². The molecule has 3 rings (SSSR count). The number of hydrogen-bond acceptors (Lipinski definition) is 3. The molecule has 1 N–H and O–H groups in total. The summed E-state index contributed by atoms with van der Waals surface area (Å²) in [5, 5.41) is 4.61. The lowest BCUT2D eigenvalue weighted by Crippen LogP contribution is -2.44. The van der Waals surface area contributed by atoms with Gasteiger partial charge in [0.05, 0.1) is 5.52 Å². The van der Waals surface area contributed by atoms with Crippen LogP contribution in [0.4, 0.5) is 5.82 Å². The second-order valence-electron chi connectivity index (χ2n) is 4.90. The van der Waals surface area contributed by atoms with E-state index in [1.54, 1.807) is 0 Å². The molecule has 0 spiro atoms. The van der Waals surface area contributed by atoms with Crippen molar-refractivity contribution >= 4 is 45.1 Å². The van der Waals surface area contributed by atoms with E-state index in [0.29, 0.717) is 0 Å². The normalized spacial score (nSPS) is 15.2. The highest BCUT2D eigenvalue weighted by atomic mass is 79.9. The molecule has 3 nitrogen and oxygen atoms in total. The van der Waals surface area contributed by atoms with Crippen molar-refractivity contribution in [3.8, 4) is 0 Å². The van der Waals surface area contributed by atoms with Crippen LogP contribution in [0, 0.1) is 0 Å². The van der Waals surface area contributed by atoms with Crippen molar-refractivity contribution in [2.45, 2.75) is 13.3 Å². The Kier molecular flexibility index (Phi) is 5.24. The fraction of sp³-hybridized carbons (Fsp3) is 0.400. The Hall–Kier alpha value is -0.840. The molecule has 1 aromatic carbocycles. The van der Waals surface area contributed by atoms with Crippen LogP contribution < -0.4 is 10.2 Å². The van der Waals surface area contributed by atoms with Crippen LogP contribution in [-0.2, 0) is 6.42 Å². The van der Waals surface area contributed by atoms with Gasteiger partial charge in [-0.25, -0.2) is 4.98 Å². The SMILES string of the molecule is CCc1cc2ccc(Br)cc2nc1N1CCNCC1.Cl. The minimum atomic E-state index is 0. The molecule has 108 valence electrons. The summed E-state index contributed by atoms with van der Waals surface area (Å²) in [5.41, 5.74) is 2.41. The fourth-order valence-electron chi connectivity index (χ4n) is 2.58. The molecular formula is C15H19BrClN3. The lowest BCUT2D eigenvalue weighted by atomic mass is 10.1. The van der Waals surface area contributed by atoms with Crippen LogP contribution in [0.15, 0.2) is 28.7 Å². The van der Waals surface area contributed by atoms with Crippen molar-refractivity contribution in [2.75, 3.05) is 31.1 Å². The van der Waals surface area contributed by atoms with Gasteiger partial charge >= 0.3 is 0 Å². The topological polar surface area (TPSA) is 28.2 Å². The van der Waals surface area contributed by atoms with E-state index in [9.17, 15) is 0 Å². The van der Waals surface area contributed by atoms with Gasteiger partial charge < -0.3 is 10.2 Å². The fourth-order valence-corrected chi connectivity index (χ4v) is 2.93. The molecule has 1 saturated heterocycles. The molecule has 1 aliphatic heterocycles. The number of fused-ring (bicyclic) bond motifs is 1. The monoisotopic (exact) mass is 355 g/mol. The number of anilines is 1. The minimum absolute atomic E-state index is 0. The lowest BCUT2D eigenvalue weighted by Gasteiger charge is -2.30. The van der Waals surface area contributed by atoms with Gasteiger partial charge in [-0.05, 0) is 30.2 Å². The molecule has 2 aromatic rings. The third-order valence-corrected chi connectivity index (χ3v) is 4.13. The Bertz CT molecular complexity index is 597. The summed E-state index contributed by atoms with van der Waals surface area (Å²) in [6, 6.07) is 8.59. The zero-order valence-electron chi connectivity index (χ0n) is 11.5. The summed E-state index contributed by atoms with van der Waals surface area (Å²) in [6.07, 6.45) is 1.03. The number of piperazine rings is 1. The Morgan fingerprint density at radius 1 is 1.25 bits per heavy atom. The number of halogens is 2. The van der Waals surface area contributed by atoms with Gasteiger partial charge in [-0.1, -0.05) is 28.9 Å². The van der Waals surface area contributed by atoms with Gasteiger partial charge in [0.15, 0.2) is 0 Å². The first-order valence-corrected chi connectivity index (χ1v) is 7.62. The van der Waals surface area contributed by atoms with E-state index in [1.165, 1.54) is 10.9 Å². The maximum absolute atomic E-state index is 4.90. The summed E-state index contributed by atoms with van der Waals surface area (Å²) < 4.78 is 1.09. The number of hydrogen-bond donors (Lipinski definition) is 1. The molecule has 0 unspecified atom stereocenters. The summed E-state index contributed by atoms with van der Waals surface area (Å²) in [7, 11) is 0. The Labute approximate surface area is 134 Å². The summed E-state index contributed by atoms with van der Waals surface area (Å²) in [4.78, 5) is 7.30. The van der Waals surface area contributed by atoms with Crippen LogP contribution >= 0.6 is 28.3 Å². The summed E-state index contributed by atoms with van der Waals surface area (Å²) in [6.45, 7) is 6.37. The highest BCUT2D eigenvalue weighted by Crippen LogP contribution is 2.26. The van der Waals surface area contributed by atoms with Crippen molar-refractivity contribution in [3.63, 3.8) is 0 Å². The van der Waals surface area contributed by atoms with Crippen LogP contribution in [-0.4, -0.2) is 31.2 Å². The Balaban J connectivity index is 0.00000147. The van der Waals surface area contributed by atoms with Crippen molar-refractivity contribution in [2.24, 2.45) is 0 Å². The van der Waals surface area contributed by atoms with Crippen molar-refractivity contribution in [1.29, 1.82) is 0 Å². The molecule has 0 bridgehead atoms. The average Bonchev–Trinajstić information content (AvgIpc) is 2.46. The zero-order chi connectivity index (χ0) is 13.2. The van der Waals surface area contributed by atoms with Crippen LogP contribution in [0.25, 0.3) is 10.9 Å². The number of rotatable bonds is 2. The van der Waals surface area contributed by atoms with Crippen molar-refractivity contribution in [3.05, 3.63) is 34.3 Å². The Morgan fingerprint density at radius 2 is 2.00 bits per heavy atom. The lowest BCUT2D eigenvalue weighted by molar-refractivity contribution is 0.584. The molecule has 1 aliphatic rings. The highest BCUT2D eigenvalue weighted by molar-refractivity contribution is 9.10. The first-order valence-electron chi connectivity index (χ1n) is 6.83. The third kappa shape index (κ3) is 3.08. The van der Waals surface area contributed by atoms with E-state index in [-0.39, 0.29) is 12.4 Å². The van der Waals surface area contributed by atoms with Gasteiger partial charge in [-0.3, -0.25) is 0 Å². The summed E-state index contributed by atoms with van der Waals surface area (Å²) >= 11 is 3.52. The van der Waals surface area contributed by atoms with Gasteiger partial charge in [0.2, 0.25) is 0 Å². The second-order valence-corrected chi connectivity index (χ2v) is 5.81. The van der Waals surface area contributed by atoms with E-state index in [1.807, 2.05) is 0 Å². The first kappa shape index (κ1) is 15.5. The van der Waals surface area contributed by atoms with Crippen LogP contribution in [0.3, 0.4) is 0 Å². The molecule has 5 heteroatoms. The molecule has 2 heterocycles. The number of benzene rings is 1. The highest BCUT2D eigenvalue weighted by Gasteiger charge is 2.15. The van der Waals surface area contributed by atoms with E-state index in [2.05, 4.69) is 57.3 Å². The number of nitrogens with zero attached hydrogens (tertiary/aromatic N) is 2. The third-order valence-electron chi connectivity index (χ3n) is 3.63. The number of nitrogens with one attached hydrogen (secondary N) is 1. The molecular weight excluding hydrogens is 338 g/mol. The smallest absolute Gasteiger partial charge is 0.132 e. The first-order chi connectivity index (χ1) is 9.28. The van der Waals surface area contributed by atoms with E-state index >= 15 is 0 Å². The molecule has 0 radical (unpaired) electrons. The standard InChI is InChI=1S/C15H18BrN3.ClH/c1-2-11-9-12-3-4-13(16)10-14(12)18-15(11)19-7-5-17-6-8-19;/h3-4,9-10,17H,2,5-8H2,1H3;1H. The van der Waals surface area contributed by atoms with Crippen molar-refractivity contribution in [1.82, 2.24) is 10.3 Å².